The van der Waals surface area contributed by atoms with Gasteiger partial charge in [-0.15, -0.1) is 0 Å². The average molecular weight is 371 g/mol. The number of sulfonamides is 1. The third-order valence-corrected chi connectivity index (χ3v) is 6.86. The molecule has 4 rings (SSSR count). The summed E-state index contributed by atoms with van der Waals surface area (Å²) in [5.41, 5.74) is 4.07. The first-order chi connectivity index (χ1) is 12.5. The van der Waals surface area contributed by atoms with Crippen molar-refractivity contribution in [2.24, 2.45) is 11.0 Å². The third-order valence-electron chi connectivity index (χ3n) is 5.05. The van der Waals surface area contributed by atoms with Crippen LogP contribution in [0.2, 0.25) is 0 Å². The Morgan fingerprint density at radius 3 is 2.81 bits per heavy atom. The highest BCUT2D eigenvalue weighted by Crippen LogP contribution is 2.41. The second-order valence-corrected chi connectivity index (χ2v) is 8.89. The Balaban J connectivity index is 1.56. The van der Waals surface area contributed by atoms with Crippen LogP contribution < -0.4 is 9.73 Å². The normalized spacial score (nSPS) is 22.7. The van der Waals surface area contributed by atoms with Crippen LogP contribution in [-0.4, -0.2) is 26.6 Å². The van der Waals surface area contributed by atoms with E-state index in [0.29, 0.717) is 17.0 Å². The molecule has 6 nitrogen and oxygen atoms in total. The fraction of sp³-hybridized carbons (Fsp3) is 0.368. The molecule has 2 aliphatic rings. The first kappa shape index (κ1) is 17.0. The average Bonchev–Trinajstić information content (AvgIpc) is 2.84. The summed E-state index contributed by atoms with van der Waals surface area (Å²) in [6.07, 6.45) is 4.03. The van der Waals surface area contributed by atoms with Gasteiger partial charge in [-0.1, -0.05) is 31.2 Å². The molecule has 26 heavy (non-hydrogen) atoms. The lowest BCUT2D eigenvalue weighted by Gasteiger charge is -2.20. The number of nitrogens with one attached hydrogen (secondary N) is 1. The maximum absolute atomic E-state index is 12.9. The van der Waals surface area contributed by atoms with Crippen molar-refractivity contribution in [2.45, 2.75) is 37.5 Å². The lowest BCUT2D eigenvalue weighted by molar-refractivity contribution is -0.119. The number of carbonyl (C=O) groups is 1. The minimum absolute atomic E-state index is 0.255. The monoisotopic (exact) mass is 371 g/mol. The van der Waals surface area contributed by atoms with E-state index in [-0.39, 0.29) is 11.4 Å². The van der Waals surface area contributed by atoms with Crippen LogP contribution in [0.3, 0.4) is 0 Å². The summed E-state index contributed by atoms with van der Waals surface area (Å²) in [5.74, 6) is 0.148. The standard InChI is InChI=1S/C19H21N3O3S/c1-13-5-2-8-15(11-13)20-21-18(23)12-22-16-9-3-6-14-7-4-10-17(19(14)16)26(22,24)25/h3-4,6-7,9-10,13H,2,5,8,11-12H2,1H3,(H,21,23)/b20-15+/t13-/m1/s1. The lowest BCUT2D eigenvalue weighted by Crippen LogP contribution is -2.37. The molecule has 0 aromatic heterocycles. The maximum atomic E-state index is 12.9. The van der Waals surface area contributed by atoms with Crippen LogP contribution in [0.25, 0.3) is 10.8 Å². The van der Waals surface area contributed by atoms with Gasteiger partial charge in [0.25, 0.3) is 15.9 Å². The van der Waals surface area contributed by atoms with Crippen molar-refractivity contribution in [1.82, 2.24) is 5.43 Å². The van der Waals surface area contributed by atoms with Crippen molar-refractivity contribution < 1.29 is 13.2 Å². The quantitative estimate of drug-likeness (QED) is 0.843. The Hall–Kier alpha value is -2.41. The first-order valence-electron chi connectivity index (χ1n) is 8.85. The molecule has 1 atom stereocenters. The lowest BCUT2D eigenvalue weighted by atomic mass is 9.89. The van der Waals surface area contributed by atoms with Gasteiger partial charge in [0.15, 0.2) is 0 Å². The van der Waals surface area contributed by atoms with Crippen molar-refractivity contribution in [3.8, 4) is 0 Å². The van der Waals surface area contributed by atoms with Gasteiger partial charge in [-0.2, -0.15) is 5.10 Å². The zero-order valence-electron chi connectivity index (χ0n) is 14.6. The number of amides is 1. The van der Waals surface area contributed by atoms with Gasteiger partial charge in [-0.05, 0) is 49.1 Å². The van der Waals surface area contributed by atoms with Crippen LogP contribution in [0.15, 0.2) is 46.4 Å². The summed E-state index contributed by atoms with van der Waals surface area (Å²) in [6, 6.07) is 10.6. The molecule has 2 aromatic carbocycles. The van der Waals surface area contributed by atoms with E-state index in [1.807, 2.05) is 12.1 Å². The predicted molar refractivity (Wildman–Crippen MR) is 102 cm³/mol. The van der Waals surface area contributed by atoms with Crippen molar-refractivity contribution in [2.75, 3.05) is 10.8 Å². The summed E-state index contributed by atoms with van der Waals surface area (Å²) in [6.45, 7) is 1.90. The fourth-order valence-corrected chi connectivity index (χ4v) is 5.46. The number of hydrazone groups is 1. The first-order valence-corrected chi connectivity index (χ1v) is 10.3. The Labute approximate surface area is 152 Å². The van der Waals surface area contributed by atoms with Crippen LogP contribution in [0.5, 0.6) is 0 Å². The second-order valence-electron chi connectivity index (χ2n) is 7.06. The Morgan fingerprint density at radius 1 is 1.27 bits per heavy atom. The molecule has 0 unspecified atom stereocenters. The van der Waals surface area contributed by atoms with Crippen molar-refractivity contribution >= 4 is 38.1 Å². The van der Waals surface area contributed by atoms with Crippen molar-refractivity contribution in [3.05, 3.63) is 36.4 Å². The highest BCUT2D eigenvalue weighted by atomic mass is 32.2. The van der Waals surface area contributed by atoms with Crippen LogP contribution in [-0.2, 0) is 14.8 Å². The number of anilines is 1. The van der Waals surface area contributed by atoms with Crippen molar-refractivity contribution in [3.63, 3.8) is 0 Å². The zero-order valence-corrected chi connectivity index (χ0v) is 15.4. The summed E-state index contributed by atoms with van der Waals surface area (Å²) in [7, 11) is -3.72. The minimum Gasteiger partial charge on any atom is -0.271 e. The molecule has 1 heterocycles. The van der Waals surface area contributed by atoms with E-state index in [1.54, 1.807) is 24.3 Å². The van der Waals surface area contributed by atoms with E-state index < -0.39 is 15.9 Å². The van der Waals surface area contributed by atoms with Crippen LogP contribution in [0.1, 0.15) is 32.6 Å². The largest absolute Gasteiger partial charge is 0.271 e. The highest BCUT2D eigenvalue weighted by molar-refractivity contribution is 7.93. The van der Waals surface area contributed by atoms with Gasteiger partial charge in [-0.25, -0.2) is 13.8 Å². The second kappa shape index (κ2) is 6.39. The molecule has 0 radical (unpaired) electrons. The topological polar surface area (TPSA) is 78.8 Å². The molecular weight excluding hydrogens is 350 g/mol. The molecule has 2 aromatic rings. The van der Waals surface area contributed by atoms with Gasteiger partial charge in [-0.3, -0.25) is 9.10 Å². The summed E-state index contributed by atoms with van der Waals surface area (Å²) in [5, 5.41) is 5.74. The summed E-state index contributed by atoms with van der Waals surface area (Å²) in [4.78, 5) is 12.6. The van der Waals surface area contributed by atoms with E-state index in [9.17, 15) is 13.2 Å². The van der Waals surface area contributed by atoms with Gasteiger partial charge < -0.3 is 0 Å². The smallest absolute Gasteiger partial charge is 0.265 e. The zero-order chi connectivity index (χ0) is 18.3. The Morgan fingerprint density at radius 2 is 2.04 bits per heavy atom. The molecule has 1 amide bonds. The molecule has 136 valence electrons. The summed E-state index contributed by atoms with van der Waals surface area (Å²) < 4.78 is 26.9. The van der Waals surface area contributed by atoms with Crippen molar-refractivity contribution in [1.29, 1.82) is 0 Å². The molecule has 0 bridgehead atoms. The van der Waals surface area contributed by atoms with Crippen LogP contribution in [0, 0.1) is 5.92 Å². The van der Waals surface area contributed by atoms with Gasteiger partial charge in [0, 0.05) is 11.1 Å². The van der Waals surface area contributed by atoms with Gasteiger partial charge >= 0.3 is 0 Å². The summed E-state index contributed by atoms with van der Waals surface area (Å²) >= 11 is 0. The van der Waals surface area contributed by atoms with Crippen LogP contribution >= 0.6 is 0 Å². The van der Waals surface area contributed by atoms with E-state index in [2.05, 4.69) is 17.5 Å². The number of hydrogen-bond donors (Lipinski definition) is 1. The molecular formula is C19H21N3O3S. The van der Waals surface area contributed by atoms with E-state index in [0.717, 1.165) is 30.4 Å². The van der Waals surface area contributed by atoms with E-state index in [4.69, 9.17) is 0 Å². The minimum atomic E-state index is -3.72. The molecule has 1 fully saturated rings. The number of nitrogens with zero attached hydrogens (tertiary/aromatic N) is 2. The molecule has 0 saturated heterocycles. The Bertz CT molecular complexity index is 1010. The highest BCUT2D eigenvalue weighted by Gasteiger charge is 2.36. The van der Waals surface area contributed by atoms with Gasteiger partial charge in [0.2, 0.25) is 0 Å². The Kier molecular flexibility index (Phi) is 4.19. The SMILES string of the molecule is C[C@@H]1CCC/C(=N\NC(=O)CN2c3cccc4cccc(c34)S2(=O)=O)C1. The number of benzene rings is 2. The molecule has 1 aliphatic heterocycles. The van der Waals surface area contributed by atoms with Crippen LogP contribution in [0.4, 0.5) is 5.69 Å². The van der Waals surface area contributed by atoms with Gasteiger partial charge in [0.05, 0.1) is 10.6 Å². The van der Waals surface area contributed by atoms with E-state index in [1.165, 1.54) is 10.7 Å². The molecule has 7 heteroatoms. The molecule has 1 N–H and O–H groups in total. The van der Waals surface area contributed by atoms with Gasteiger partial charge in [0.1, 0.15) is 6.54 Å². The fourth-order valence-electron chi connectivity index (χ4n) is 3.80. The third kappa shape index (κ3) is 2.86. The number of hydrogen-bond acceptors (Lipinski definition) is 4. The predicted octanol–water partition coefficient (Wildman–Crippen LogP) is 3.03. The molecule has 1 saturated carbocycles. The number of carbonyl (C=O) groups excluding carboxylic acids is 1. The molecule has 0 spiro atoms. The van der Waals surface area contributed by atoms with E-state index >= 15 is 0 Å². The maximum Gasteiger partial charge on any atom is 0.265 e. The number of rotatable bonds is 3. The molecule has 1 aliphatic carbocycles.